The predicted octanol–water partition coefficient (Wildman–Crippen LogP) is 3.77. The van der Waals surface area contributed by atoms with Gasteiger partial charge < -0.3 is 4.57 Å². The molecule has 3 aromatic rings. The summed E-state index contributed by atoms with van der Waals surface area (Å²) in [4.78, 5) is 15.9. The van der Waals surface area contributed by atoms with Gasteiger partial charge in [0.25, 0.3) is 15.9 Å². The lowest BCUT2D eigenvalue weighted by molar-refractivity contribution is -0.137. The molecule has 6 nitrogen and oxygen atoms in total. The van der Waals surface area contributed by atoms with Gasteiger partial charge in [-0.3, -0.25) is 4.79 Å². The maximum atomic E-state index is 13.0. The van der Waals surface area contributed by atoms with Gasteiger partial charge in [-0.25, -0.2) is 18.1 Å². The Morgan fingerprint density at radius 2 is 1.79 bits per heavy atom. The second kappa shape index (κ2) is 7.40. The smallest absolute Gasteiger partial charge is 0.305 e. The van der Waals surface area contributed by atoms with Crippen molar-refractivity contribution < 1.29 is 26.4 Å². The van der Waals surface area contributed by atoms with Gasteiger partial charge >= 0.3 is 6.18 Å². The van der Waals surface area contributed by atoms with E-state index in [9.17, 15) is 26.4 Å². The fourth-order valence-electron chi connectivity index (χ4n) is 2.30. The van der Waals surface area contributed by atoms with Gasteiger partial charge in [0.05, 0.1) is 10.5 Å². The van der Waals surface area contributed by atoms with E-state index < -0.39 is 27.7 Å². The van der Waals surface area contributed by atoms with E-state index >= 15 is 0 Å². The zero-order valence-electron chi connectivity index (χ0n) is 13.8. The summed E-state index contributed by atoms with van der Waals surface area (Å²) >= 11 is 3.01. The molecule has 0 bridgehead atoms. The average molecular weight is 474 g/mol. The third kappa shape index (κ3) is 4.42. The summed E-state index contributed by atoms with van der Waals surface area (Å²) in [5, 5.41) is 0. The van der Waals surface area contributed by atoms with Gasteiger partial charge in [-0.2, -0.15) is 13.2 Å². The number of hydrogen-bond donors (Lipinski definition) is 1. The minimum Gasteiger partial charge on any atom is -0.305 e. The fourth-order valence-corrected chi connectivity index (χ4v) is 3.76. The van der Waals surface area contributed by atoms with Crippen molar-refractivity contribution in [2.75, 3.05) is 0 Å². The summed E-state index contributed by atoms with van der Waals surface area (Å²) in [6, 6.07) is 10.5. The minimum atomic E-state index is -4.55. The Bertz CT molecular complexity index is 1130. The molecular weight excluding hydrogens is 463 g/mol. The zero-order chi connectivity index (χ0) is 20.5. The SMILES string of the molecule is O=C(NS(=O)(=O)c1ccccc1)c1cn(-c2cc(Br)cc(C(F)(F)F)c2)cn1. The van der Waals surface area contributed by atoms with E-state index in [0.29, 0.717) is 0 Å². The number of halogens is 4. The molecule has 0 fully saturated rings. The molecule has 0 aliphatic carbocycles. The van der Waals surface area contributed by atoms with Crippen LogP contribution in [-0.2, 0) is 16.2 Å². The second-order valence-electron chi connectivity index (χ2n) is 5.61. The Balaban J connectivity index is 1.87. The third-order valence-corrected chi connectivity index (χ3v) is 5.41. The van der Waals surface area contributed by atoms with E-state index in [2.05, 4.69) is 20.9 Å². The number of imidazole rings is 1. The van der Waals surface area contributed by atoms with E-state index in [1.165, 1.54) is 34.9 Å². The lowest BCUT2D eigenvalue weighted by Crippen LogP contribution is -2.30. The molecule has 0 spiro atoms. The molecule has 28 heavy (non-hydrogen) atoms. The molecule has 0 atom stereocenters. The number of carbonyl (C=O) groups is 1. The fraction of sp³-hybridized carbons (Fsp3) is 0.0588. The molecule has 2 aromatic carbocycles. The number of benzene rings is 2. The molecule has 0 unspecified atom stereocenters. The van der Waals surface area contributed by atoms with E-state index in [1.54, 1.807) is 6.07 Å². The Hall–Kier alpha value is -2.66. The summed E-state index contributed by atoms with van der Waals surface area (Å²) in [5.41, 5.74) is -1.06. The number of sulfonamides is 1. The number of amides is 1. The summed E-state index contributed by atoms with van der Waals surface area (Å²) in [5.74, 6) is -1.01. The van der Waals surface area contributed by atoms with Crippen molar-refractivity contribution in [3.63, 3.8) is 0 Å². The molecule has 146 valence electrons. The van der Waals surface area contributed by atoms with Crippen LogP contribution in [0.25, 0.3) is 5.69 Å². The number of alkyl halides is 3. The van der Waals surface area contributed by atoms with Crippen LogP contribution in [0.3, 0.4) is 0 Å². The van der Waals surface area contributed by atoms with Crippen LogP contribution in [0.2, 0.25) is 0 Å². The molecule has 0 radical (unpaired) electrons. The van der Waals surface area contributed by atoms with Crippen molar-refractivity contribution in [1.82, 2.24) is 14.3 Å². The molecule has 3 rings (SSSR count). The van der Waals surface area contributed by atoms with Crippen LogP contribution in [0.4, 0.5) is 13.2 Å². The molecule has 1 N–H and O–H groups in total. The van der Waals surface area contributed by atoms with Crippen LogP contribution < -0.4 is 4.72 Å². The lowest BCUT2D eigenvalue weighted by atomic mass is 10.2. The van der Waals surface area contributed by atoms with Gasteiger partial charge in [0.15, 0.2) is 0 Å². The van der Waals surface area contributed by atoms with Gasteiger partial charge in [-0.05, 0) is 30.3 Å². The maximum Gasteiger partial charge on any atom is 0.416 e. The van der Waals surface area contributed by atoms with E-state index in [1.807, 2.05) is 4.72 Å². The van der Waals surface area contributed by atoms with Gasteiger partial charge in [0, 0.05) is 16.4 Å². The van der Waals surface area contributed by atoms with Gasteiger partial charge in [-0.1, -0.05) is 34.1 Å². The van der Waals surface area contributed by atoms with Gasteiger partial charge in [0.2, 0.25) is 0 Å². The highest BCUT2D eigenvalue weighted by molar-refractivity contribution is 9.10. The lowest BCUT2D eigenvalue weighted by Gasteiger charge is -2.10. The van der Waals surface area contributed by atoms with Crippen LogP contribution >= 0.6 is 15.9 Å². The van der Waals surface area contributed by atoms with E-state index in [4.69, 9.17) is 0 Å². The van der Waals surface area contributed by atoms with Crippen LogP contribution in [0.1, 0.15) is 16.1 Å². The van der Waals surface area contributed by atoms with Crippen molar-refractivity contribution in [1.29, 1.82) is 0 Å². The monoisotopic (exact) mass is 473 g/mol. The second-order valence-corrected chi connectivity index (χ2v) is 8.21. The number of nitrogens with one attached hydrogen (secondary N) is 1. The highest BCUT2D eigenvalue weighted by Crippen LogP contribution is 2.33. The highest BCUT2D eigenvalue weighted by atomic mass is 79.9. The first-order valence-corrected chi connectivity index (χ1v) is 9.88. The zero-order valence-corrected chi connectivity index (χ0v) is 16.2. The van der Waals surface area contributed by atoms with Crippen LogP contribution in [-0.4, -0.2) is 23.9 Å². The van der Waals surface area contributed by atoms with Crippen molar-refractivity contribution >= 4 is 31.9 Å². The number of hydrogen-bond acceptors (Lipinski definition) is 4. The van der Waals surface area contributed by atoms with Crippen LogP contribution in [0.15, 0.2) is 70.4 Å². The van der Waals surface area contributed by atoms with Crippen molar-refractivity contribution in [2.45, 2.75) is 11.1 Å². The topological polar surface area (TPSA) is 81.1 Å². The molecule has 0 aliphatic heterocycles. The molecule has 11 heteroatoms. The molecular formula is C17H11BrF3N3O3S. The summed E-state index contributed by atoms with van der Waals surface area (Å²) < 4.78 is 66.5. The number of aromatic nitrogens is 2. The molecule has 1 amide bonds. The van der Waals surface area contributed by atoms with E-state index in [-0.39, 0.29) is 20.7 Å². The van der Waals surface area contributed by atoms with Crippen molar-refractivity contribution in [3.05, 3.63) is 76.8 Å². The summed E-state index contributed by atoms with van der Waals surface area (Å²) in [6.45, 7) is 0. The first-order valence-electron chi connectivity index (χ1n) is 7.60. The molecule has 1 heterocycles. The molecule has 0 aliphatic rings. The number of nitrogens with zero attached hydrogens (tertiary/aromatic N) is 2. The Labute approximate surface area is 166 Å². The van der Waals surface area contributed by atoms with Crippen LogP contribution in [0, 0.1) is 0 Å². The first kappa shape index (κ1) is 20.1. The Kier molecular flexibility index (Phi) is 5.31. The normalized spacial score (nSPS) is 12.0. The standard InChI is InChI=1S/C17H11BrF3N3O3S/c18-12-6-11(17(19,20)21)7-13(8-12)24-9-15(22-10-24)16(25)23-28(26,27)14-4-2-1-3-5-14/h1-10H,(H,23,25). The maximum absolute atomic E-state index is 13.0. The number of carbonyl (C=O) groups excluding carboxylic acids is 1. The van der Waals surface area contributed by atoms with Crippen molar-refractivity contribution in [2.24, 2.45) is 0 Å². The van der Waals surface area contributed by atoms with Gasteiger partial charge in [-0.15, -0.1) is 0 Å². The van der Waals surface area contributed by atoms with Crippen LogP contribution in [0.5, 0.6) is 0 Å². The largest absolute Gasteiger partial charge is 0.416 e. The average Bonchev–Trinajstić information content (AvgIpc) is 3.11. The molecule has 0 saturated carbocycles. The quantitative estimate of drug-likeness (QED) is 0.625. The minimum absolute atomic E-state index is 0.0965. The van der Waals surface area contributed by atoms with Crippen molar-refractivity contribution in [3.8, 4) is 5.69 Å². The summed E-state index contributed by atoms with van der Waals surface area (Å²) in [7, 11) is -4.10. The predicted molar refractivity (Wildman–Crippen MR) is 97.4 cm³/mol. The van der Waals surface area contributed by atoms with E-state index in [0.717, 1.165) is 24.7 Å². The first-order chi connectivity index (χ1) is 13.1. The third-order valence-electron chi connectivity index (χ3n) is 3.60. The number of rotatable bonds is 4. The molecule has 1 aromatic heterocycles. The Morgan fingerprint density at radius 1 is 1.11 bits per heavy atom. The highest BCUT2D eigenvalue weighted by Gasteiger charge is 2.31. The Morgan fingerprint density at radius 3 is 2.43 bits per heavy atom. The molecule has 0 saturated heterocycles. The summed E-state index contributed by atoms with van der Waals surface area (Å²) in [6.07, 6.45) is -2.30. The van der Waals surface area contributed by atoms with Gasteiger partial charge in [0.1, 0.15) is 12.0 Å².